The maximum atomic E-state index is 12.9. The number of halogens is 1. The summed E-state index contributed by atoms with van der Waals surface area (Å²) >= 11 is 6.51. The molecule has 2 N–H and O–H groups in total. The van der Waals surface area contributed by atoms with Gasteiger partial charge in [-0.1, -0.05) is 44.5 Å². The van der Waals surface area contributed by atoms with Gasteiger partial charge >= 0.3 is 0 Å². The lowest BCUT2D eigenvalue weighted by Crippen LogP contribution is -2.30. The summed E-state index contributed by atoms with van der Waals surface area (Å²) in [6, 6.07) is 10.5. The van der Waals surface area contributed by atoms with Gasteiger partial charge in [-0.2, -0.15) is 0 Å². The smallest absolute Gasteiger partial charge is 0.270 e. The molecule has 0 saturated heterocycles. The third-order valence-corrected chi connectivity index (χ3v) is 5.13. The van der Waals surface area contributed by atoms with E-state index in [1.54, 1.807) is 44.4 Å². The molecular formula is C22H28ClN3O3. The van der Waals surface area contributed by atoms with Crippen molar-refractivity contribution in [1.82, 2.24) is 10.3 Å². The van der Waals surface area contributed by atoms with E-state index in [0.29, 0.717) is 30.3 Å². The number of hydrogen-bond acceptors (Lipinski definition) is 4. The number of aryl methyl sites for hydroxylation is 1. The van der Waals surface area contributed by atoms with Crippen LogP contribution >= 0.6 is 11.6 Å². The number of nitrogens with zero attached hydrogens (tertiary/aromatic N) is 1. The van der Waals surface area contributed by atoms with E-state index in [-0.39, 0.29) is 17.2 Å². The molecule has 2 rings (SSSR count). The molecule has 1 heterocycles. The van der Waals surface area contributed by atoms with Gasteiger partial charge in [0, 0.05) is 30.6 Å². The van der Waals surface area contributed by atoms with Gasteiger partial charge in [0.2, 0.25) is 0 Å². The van der Waals surface area contributed by atoms with Gasteiger partial charge in [0.15, 0.2) is 5.06 Å². The predicted molar refractivity (Wildman–Crippen MR) is 115 cm³/mol. The summed E-state index contributed by atoms with van der Waals surface area (Å²) in [6.45, 7) is 8.20. The quantitative estimate of drug-likeness (QED) is 0.620. The van der Waals surface area contributed by atoms with Gasteiger partial charge in [-0.25, -0.2) is 4.98 Å². The molecule has 0 aliphatic rings. The minimum atomic E-state index is -0.964. The van der Waals surface area contributed by atoms with Crippen LogP contribution in [-0.4, -0.2) is 30.5 Å². The van der Waals surface area contributed by atoms with E-state index < -0.39 is 11.0 Å². The van der Waals surface area contributed by atoms with Gasteiger partial charge in [0.1, 0.15) is 5.69 Å². The molecule has 1 aromatic carbocycles. The fourth-order valence-corrected chi connectivity index (χ4v) is 2.91. The van der Waals surface area contributed by atoms with Gasteiger partial charge in [-0.05, 0) is 43.5 Å². The third-order valence-electron chi connectivity index (χ3n) is 4.49. The fourth-order valence-electron chi connectivity index (χ4n) is 2.79. The lowest BCUT2D eigenvalue weighted by molar-refractivity contribution is 0.0584. The first kappa shape index (κ1) is 22.8. The molecule has 1 unspecified atom stereocenters. The van der Waals surface area contributed by atoms with Gasteiger partial charge in [0.25, 0.3) is 11.8 Å². The Kier molecular flexibility index (Phi) is 7.76. The lowest BCUT2D eigenvalue weighted by atomic mass is 10.1. The zero-order valence-electron chi connectivity index (χ0n) is 17.5. The number of pyridine rings is 1. The number of aromatic nitrogens is 1. The summed E-state index contributed by atoms with van der Waals surface area (Å²) in [4.78, 5) is 29.7. The number of ether oxygens (including phenoxy) is 1. The molecule has 6 nitrogen and oxygen atoms in total. The van der Waals surface area contributed by atoms with Crippen molar-refractivity contribution in [3.05, 3.63) is 58.9 Å². The van der Waals surface area contributed by atoms with Crippen molar-refractivity contribution in [2.45, 2.75) is 39.2 Å². The van der Waals surface area contributed by atoms with Crippen LogP contribution in [0.2, 0.25) is 0 Å². The standard InChI is InChI=1S/C22H28ClN3O3/c1-6-22(23,29-5)16-8-7-9-17(12-16)26-20(27)18-11-10-15(4)25-19(18)21(28)24-13-14(2)3/h7-12,14H,6,13H2,1-5H3,(H,24,28)(H,26,27). The third kappa shape index (κ3) is 5.78. The highest BCUT2D eigenvalue weighted by Gasteiger charge is 2.27. The average Bonchev–Trinajstić information content (AvgIpc) is 2.71. The summed E-state index contributed by atoms with van der Waals surface area (Å²) in [7, 11) is 1.54. The van der Waals surface area contributed by atoms with Crippen molar-refractivity contribution in [2.75, 3.05) is 19.0 Å². The Morgan fingerprint density at radius 1 is 1.21 bits per heavy atom. The molecule has 2 amide bonds. The largest absolute Gasteiger partial charge is 0.359 e. The van der Waals surface area contributed by atoms with Crippen LogP contribution in [0.1, 0.15) is 59.3 Å². The molecule has 0 fully saturated rings. The molecule has 1 atom stereocenters. The molecule has 0 aliphatic carbocycles. The Hall–Kier alpha value is -2.44. The Balaban J connectivity index is 2.29. The van der Waals surface area contributed by atoms with Crippen LogP contribution in [0.15, 0.2) is 36.4 Å². The molecular weight excluding hydrogens is 390 g/mol. The first-order chi connectivity index (χ1) is 13.7. The van der Waals surface area contributed by atoms with E-state index in [0.717, 1.165) is 5.56 Å². The molecule has 29 heavy (non-hydrogen) atoms. The van der Waals surface area contributed by atoms with E-state index >= 15 is 0 Å². The van der Waals surface area contributed by atoms with Crippen molar-refractivity contribution in [3.8, 4) is 0 Å². The van der Waals surface area contributed by atoms with Crippen molar-refractivity contribution in [2.24, 2.45) is 5.92 Å². The van der Waals surface area contributed by atoms with Crippen LogP contribution < -0.4 is 10.6 Å². The molecule has 2 aromatic rings. The number of benzene rings is 1. The Morgan fingerprint density at radius 3 is 2.55 bits per heavy atom. The molecule has 0 radical (unpaired) electrons. The lowest BCUT2D eigenvalue weighted by Gasteiger charge is -2.25. The topological polar surface area (TPSA) is 80.3 Å². The monoisotopic (exact) mass is 417 g/mol. The van der Waals surface area contributed by atoms with Gasteiger partial charge < -0.3 is 15.4 Å². The van der Waals surface area contributed by atoms with Gasteiger partial charge in [0.05, 0.1) is 5.56 Å². The van der Waals surface area contributed by atoms with Crippen LogP contribution in [0, 0.1) is 12.8 Å². The molecule has 0 spiro atoms. The number of amides is 2. The van der Waals surface area contributed by atoms with Crippen molar-refractivity contribution >= 4 is 29.1 Å². The maximum absolute atomic E-state index is 12.9. The number of methoxy groups -OCH3 is 1. The normalized spacial score (nSPS) is 13.1. The molecule has 0 bridgehead atoms. The second kappa shape index (κ2) is 9.85. The predicted octanol–water partition coefficient (Wildman–Crippen LogP) is 4.48. The van der Waals surface area contributed by atoms with Gasteiger partial charge in [-0.3, -0.25) is 9.59 Å². The minimum absolute atomic E-state index is 0.108. The van der Waals surface area contributed by atoms with Crippen LogP contribution in [0.3, 0.4) is 0 Å². The first-order valence-corrected chi connectivity index (χ1v) is 9.99. The van der Waals surface area contributed by atoms with E-state index in [1.165, 1.54) is 0 Å². The molecule has 7 heteroatoms. The zero-order valence-corrected chi connectivity index (χ0v) is 18.3. The first-order valence-electron chi connectivity index (χ1n) is 9.62. The number of carbonyl (C=O) groups is 2. The summed E-state index contributed by atoms with van der Waals surface area (Å²) in [5.74, 6) is -0.496. The zero-order chi connectivity index (χ0) is 21.6. The second-order valence-corrected chi connectivity index (χ2v) is 7.88. The van der Waals surface area contributed by atoms with E-state index in [9.17, 15) is 9.59 Å². The van der Waals surface area contributed by atoms with Crippen molar-refractivity contribution in [3.63, 3.8) is 0 Å². The minimum Gasteiger partial charge on any atom is -0.359 e. The van der Waals surface area contributed by atoms with E-state index in [1.807, 2.05) is 26.8 Å². The highest BCUT2D eigenvalue weighted by molar-refractivity contribution is 6.23. The Bertz CT molecular complexity index is 879. The van der Waals surface area contributed by atoms with Crippen LogP contribution in [-0.2, 0) is 9.80 Å². The summed E-state index contributed by atoms with van der Waals surface area (Å²) in [5, 5.41) is 4.67. The Labute approximate surface area is 177 Å². The molecule has 0 aliphatic heterocycles. The number of nitrogens with one attached hydrogen (secondary N) is 2. The summed E-state index contributed by atoms with van der Waals surface area (Å²) < 4.78 is 5.42. The molecule has 1 aromatic heterocycles. The number of carbonyl (C=O) groups excluding carboxylic acids is 2. The second-order valence-electron chi connectivity index (χ2n) is 7.27. The fraction of sp³-hybridized carbons (Fsp3) is 0.409. The Morgan fingerprint density at radius 2 is 1.93 bits per heavy atom. The van der Waals surface area contributed by atoms with Crippen LogP contribution in [0.25, 0.3) is 0 Å². The van der Waals surface area contributed by atoms with E-state index in [4.69, 9.17) is 16.3 Å². The maximum Gasteiger partial charge on any atom is 0.270 e. The summed E-state index contributed by atoms with van der Waals surface area (Å²) in [6.07, 6.45) is 0.560. The number of alkyl halides is 1. The number of hydrogen-bond donors (Lipinski definition) is 2. The SMILES string of the molecule is CCC(Cl)(OC)c1cccc(NC(=O)c2ccc(C)nc2C(=O)NCC(C)C)c1. The number of rotatable bonds is 8. The summed E-state index contributed by atoms with van der Waals surface area (Å²) in [5.41, 5.74) is 2.27. The van der Waals surface area contributed by atoms with Crippen molar-refractivity contribution in [1.29, 1.82) is 0 Å². The van der Waals surface area contributed by atoms with Crippen LogP contribution in [0.5, 0.6) is 0 Å². The van der Waals surface area contributed by atoms with Crippen molar-refractivity contribution < 1.29 is 14.3 Å². The van der Waals surface area contributed by atoms with Gasteiger partial charge in [-0.15, -0.1) is 0 Å². The van der Waals surface area contributed by atoms with E-state index in [2.05, 4.69) is 15.6 Å². The molecule has 156 valence electrons. The highest BCUT2D eigenvalue weighted by Crippen LogP contribution is 2.34. The van der Waals surface area contributed by atoms with Crippen LogP contribution in [0.4, 0.5) is 5.69 Å². The number of anilines is 1. The highest BCUT2D eigenvalue weighted by atomic mass is 35.5. The molecule has 0 saturated carbocycles. The average molecular weight is 418 g/mol.